The Balaban J connectivity index is 1.31. The second-order valence-electron chi connectivity index (χ2n) is 8.57. The number of hydrogen-bond acceptors (Lipinski definition) is 6. The van der Waals surface area contributed by atoms with Gasteiger partial charge in [-0.3, -0.25) is 0 Å². The van der Waals surface area contributed by atoms with E-state index in [-0.39, 0.29) is 11.2 Å². The van der Waals surface area contributed by atoms with E-state index < -0.39 is 4.92 Å². The molecule has 0 amide bonds. The number of aromatic nitrogens is 4. The van der Waals surface area contributed by atoms with Gasteiger partial charge in [-0.15, -0.1) is 10.2 Å². The molecular formula is C18H23N5O3. The molecule has 2 heterocycles. The summed E-state index contributed by atoms with van der Waals surface area (Å²) < 4.78 is 7.72. The first-order valence-corrected chi connectivity index (χ1v) is 9.52. The van der Waals surface area contributed by atoms with Crippen LogP contribution in [0.1, 0.15) is 56.0 Å². The second kappa shape index (κ2) is 5.62. The third kappa shape index (κ3) is 2.54. The Morgan fingerprint density at radius 1 is 1.23 bits per heavy atom. The van der Waals surface area contributed by atoms with Crippen LogP contribution in [-0.2, 0) is 18.4 Å². The monoisotopic (exact) mass is 357 g/mol. The zero-order valence-electron chi connectivity index (χ0n) is 14.9. The molecule has 2 aromatic heterocycles. The summed E-state index contributed by atoms with van der Waals surface area (Å²) in [5, 5.41) is 23.5. The molecule has 0 saturated heterocycles. The first kappa shape index (κ1) is 16.0. The van der Waals surface area contributed by atoms with Gasteiger partial charge in [0.05, 0.1) is 23.4 Å². The minimum Gasteiger partial charge on any atom is -0.425 e. The highest BCUT2D eigenvalue weighted by Crippen LogP contribution is 2.60. The molecule has 0 aromatic carbocycles. The number of nitrogens with zero attached hydrogens (tertiary/aromatic N) is 5. The number of nitro groups is 1. The van der Waals surface area contributed by atoms with Crippen molar-refractivity contribution in [2.45, 2.75) is 63.8 Å². The lowest BCUT2D eigenvalue weighted by atomic mass is 9.49. The van der Waals surface area contributed by atoms with E-state index in [1.165, 1.54) is 44.6 Å². The molecule has 8 nitrogen and oxygen atoms in total. The average Bonchev–Trinajstić information content (AvgIpc) is 3.19. The van der Waals surface area contributed by atoms with Gasteiger partial charge in [0.2, 0.25) is 11.8 Å². The van der Waals surface area contributed by atoms with Crippen molar-refractivity contribution in [2.24, 2.45) is 17.8 Å². The van der Waals surface area contributed by atoms with Crippen LogP contribution in [0.25, 0.3) is 0 Å². The van der Waals surface area contributed by atoms with Crippen LogP contribution in [-0.4, -0.2) is 24.9 Å². The van der Waals surface area contributed by atoms with Crippen LogP contribution in [0.4, 0.5) is 5.82 Å². The van der Waals surface area contributed by atoms with Crippen molar-refractivity contribution >= 4 is 5.82 Å². The Kier molecular flexibility index (Phi) is 3.45. The molecule has 0 spiro atoms. The van der Waals surface area contributed by atoms with Gasteiger partial charge >= 0.3 is 5.82 Å². The Hall–Kier alpha value is -2.25. The summed E-state index contributed by atoms with van der Waals surface area (Å²) in [6.07, 6.45) is 8.30. The predicted octanol–water partition coefficient (Wildman–Crippen LogP) is 3.19. The van der Waals surface area contributed by atoms with Gasteiger partial charge in [0.25, 0.3) is 0 Å². The molecule has 4 aliphatic carbocycles. The molecule has 4 bridgehead atoms. The van der Waals surface area contributed by atoms with Gasteiger partial charge in [0.15, 0.2) is 0 Å². The van der Waals surface area contributed by atoms with Gasteiger partial charge in [-0.1, -0.05) is 0 Å². The van der Waals surface area contributed by atoms with E-state index >= 15 is 0 Å². The topological polar surface area (TPSA) is 99.9 Å². The Labute approximate surface area is 151 Å². The highest BCUT2D eigenvalue weighted by Gasteiger charge is 2.54. The van der Waals surface area contributed by atoms with Crippen LogP contribution in [0, 0.1) is 34.8 Å². The molecule has 0 radical (unpaired) electrons. The minimum atomic E-state index is -0.471. The van der Waals surface area contributed by atoms with Crippen LogP contribution in [0.5, 0.6) is 0 Å². The van der Waals surface area contributed by atoms with E-state index in [9.17, 15) is 10.1 Å². The first-order chi connectivity index (χ1) is 12.5. The molecular weight excluding hydrogens is 334 g/mol. The van der Waals surface area contributed by atoms with Crippen LogP contribution >= 0.6 is 0 Å². The maximum Gasteiger partial charge on any atom is 0.390 e. The van der Waals surface area contributed by atoms with Crippen LogP contribution in [0.2, 0.25) is 0 Å². The smallest absolute Gasteiger partial charge is 0.390 e. The molecule has 0 aliphatic heterocycles. The molecule has 26 heavy (non-hydrogen) atoms. The molecule has 4 saturated carbocycles. The number of aryl methyl sites for hydroxylation is 3. The van der Waals surface area contributed by atoms with Crippen LogP contribution in [0.3, 0.4) is 0 Å². The van der Waals surface area contributed by atoms with Crippen LogP contribution < -0.4 is 0 Å². The maximum atomic E-state index is 10.8. The Morgan fingerprint density at radius 2 is 1.88 bits per heavy atom. The number of rotatable bonds is 5. The maximum absolute atomic E-state index is 10.8. The van der Waals surface area contributed by atoms with Gasteiger partial charge in [-0.2, -0.15) is 4.68 Å². The lowest BCUT2D eigenvalue weighted by molar-refractivity contribution is -0.389. The van der Waals surface area contributed by atoms with Gasteiger partial charge in [-0.05, 0) is 68.1 Å². The van der Waals surface area contributed by atoms with Gasteiger partial charge in [0.1, 0.15) is 0 Å². The van der Waals surface area contributed by atoms with E-state index in [2.05, 4.69) is 15.3 Å². The summed E-state index contributed by atoms with van der Waals surface area (Å²) in [6.45, 7) is 2.32. The van der Waals surface area contributed by atoms with Crippen molar-refractivity contribution in [3.63, 3.8) is 0 Å². The van der Waals surface area contributed by atoms with E-state index in [0.29, 0.717) is 18.9 Å². The molecule has 138 valence electrons. The fourth-order valence-corrected chi connectivity index (χ4v) is 5.95. The largest absolute Gasteiger partial charge is 0.425 e. The van der Waals surface area contributed by atoms with Gasteiger partial charge in [0, 0.05) is 11.8 Å². The van der Waals surface area contributed by atoms with Gasteiger partial charge < -0.3 is 14.5 Å². The Bertz CT molecular complexity index is 820. The average molecular weight is 357 g/mol. The molecule has 0 unspecified atom stereocenters. The molecule has 2 aromatic rings. The molecule has 4 fully saturated rings. The van der Waals surface area contributed by atoms with Crippen molar-refractivity contribution in [3.05, 3.63) is 33.7 Å². The summed E-state index contributed by atoms with van der Waals surface area (Å²) in [5.41, 5.74) is 0.873. The normalized spacial score (nSPS) is 32.3. The van der Waals surface area contributed by atoms with E-state index in [4.69, 9.17) is 4.42 Å². The molecule has 8 heteroatoms. The van der Waals surface area contributed by atoms with Crippen molar-refractivity contribution in [1.29, 1.82) is 0 Å². The highest BCUT2D eigenvalue weighted by atomic mass is 16.6. The third-order valence-electron chi connectivity index (χ3n) is 6.65. The second-order valence-corrected chi connectivity index (χ2v) is 8.57. The zero-order valence-corrected chi connectivity index (χ0v) is 14.9. The van der Waals surface area contributed by atoms with Crippen LogP contribution in [0.15, 0.2) is 10.5 Å². The predicted molar refractivity (Wildman–Crippen MR) is 91.5 cm³/mol. The molecule has 0 atom stereocenters. The summed E-state index contributed by atoms with van der Waals surface area (Å²) >= 11 is 0. The fourth-order valence-electron chi connectivity index (χ4n) is 5.95. The van der Waals surface area contributed by atoms with Crippen molar-refractivity contribution < 1.29 is 9.34 Å². The van der Waals surface area contributed by atoms with Crippen molar-refractivity contribution in [3.8, 4) is 0 Å². The SMILES string of the molecule is Cc1cc([N+](=O)[O-])nn1CCc1nnc(C23CC4CC(CC(C4)C2)C3)o1. The first-order valence-electron chi connectivity index (χ1n) is 9.52. The van der Waals surface area contributed by atoms with E-state index in [1.807, 2.05) is 6.92 Å². The molecule has 6 rings (SSSR count). The summed E-state index contributed by atoms with van der Waals surface area (Å²) in [5.74, 6) is 3.82. The van der Waals surface area contributed by atoms with E-state index in [1.54, 1.807) is 4.68 Å². The number of hydrogen-bond donors (Lipinski definition) is 0. The quantitative estimate of drug-likeness (QED) is 0.602. The lowest BCUT2D eigenvalue weighted by Crippen LogP contribution is -2.48. The van der Waals surface area contributed by atoms with Crippen molar-refractivity contribution in [1.82, 2.24) is 20.0 Å². The van der Waals surface area contributed by atoms with E-state index in [0.717, 1.165) is 29.3 Å². The van der Waals surface area contributed by atoms with Gasteiger partial charge in [-0.25, -0.2) is 0 Å². The lowest BCUT2D eigenvalue weighted by Gasteiger charge is -2.55. The van der Waals surface area contributed by atoms with Crippen molar-refractivity contribution in [2.75, 3.05) is 0 Å². The molecule has 4 aliphatic rings. The third-order valence-corrected chi connectivity index (χ3v) is 6.65. The fraction of sp³-hybridized carbons (Fsp3) is 0.722. The standard InChI is InChI=1S/C18H23N5O3/c1-11-4-15(23(24)25)21-22(11)3-2-16-19-20-17(26-16)18-8-12-5-13(9-18)7-14(6-12)10-18/h4,12-14H,2-3,5-10H2,1H3. The highest BCUT2D eigenvalue weighted by molar-refractivity contribution is 5.21. The molecule has 0 N–H and O–H groups in total. The Morgan fingerprint density at radius 3 is 2.46 bits per heavy atom. The summed E-state index contributed by atoms with van der Waals surface area (Å²) in [6, 6.07) is 1.48. The minimum absolute atomic E-state index is 0.112. The summed E-state index contributed by atoms with van der Waals surface area (Å²) in [7, 11) is 0. The summed E-state index contributed by atoms with van der Waals surface area (Å²) in [4.78, 5) is 10.4. The zero-order chi connectivity index (χ0) is 17.9.